The van der Waals surface area contributed by atoms with Crippen LogP contribution in [0.25, 0.3) is 0 Å². The lowest BCUT2D eigenvalue weighted by atomic mass is 9.77. The van der Waals surface area contributed by atoms with Gasteiger partial charge in [0.2, 0.25) is 0 Å². The molecule has 0 amide bonds. The van der Waals surface area contributed by atoms with Crippen molar-refractivity contribution >= 4 is 0 Å². The standard InChI is InChI=1S/C16H27N/c1-6-7-16(5,11-17)10-15-13(3)8-12(2)9-14(15)4/h8-9H,6-7,10-11,17H2,1-5H3. The van der Waals surface area contributed by atoms with E-state index in [-0.39, 0.29) is 5.41 Å². The second-order valence-corrected chi connectivity index (χ2v) is 5.82. The topological polar surface area (TPSA) is 26.0 Å². The van der Waals surface area contributed by atoms with E-state index in [1.54, 1.807) is 0 Å². The van der Waals surface area contributed by atoms with Gasteiger partial charge < -0.3 is 5.73 Å². The lowest BCUT2D eigenvalue weighted by molar-refractivity contribution is 0.301. The van der Waals surface area contributed by atoms with Gasteiger partial charge in [0.15, 0.2) is 0 Å². The molecule has 0 fully saturated rings. The normalized spacial score (nSPS) is 14.7. The highest BCUT2D eigenvalue weighted by Crippen LogP contribution is 2.30. The molecule has 1 nitrogen and oxygen atoms in total. The van der Waals surface area contributed by atoms with Crippen LogP contribution in [0.4, 0.5) is 0 Å². The van der Waals surface area contributed by atoms with Crippen LogP contribution >= 0.6 is 0 Å². The van der Waals surface area contributed by atoms with Crippen molar-refractivity contribution in [1.29, 1.82) is 0 Å². The summed E-state index contributed by atoms with van der Waals surface area (Å²) in [5.41, 5.74) is 11.9. The molecule has 0 saturated heterocycles. The van der Waals surface area contributed by atoms with Crippen LogP contribution in [0, 0.1) is 26.2 Å². The van der Waals surface area contributed by atoms with E-state index in [1.165, 1.54) is 35.1 Å². The molecule has 1 unspecified atom stereocenters. The van der Waals surface area contributed by atoms with E-state index in [9.17, 15) is 0 Å². The number of hydrogen-bond donors (Lipinski definition) is 1. The molecule has 1 heteroatoms. The predicted octanol–water partition coefficient (Wildman–Crippen LogP) is 3.92. The molecule has 96 valence electrons. The predicted molar refractivity (Wildman–Crippen MR) is 76.4 cm³/mol. The summed E-state index contributed by atoms with van der Waals surface area (Å²) in [4.78, 5) is 0. The number of nitrogens with two attached hydrogens (primary N) is 1. The molecule has 2 N–H and O–H groups in total. The summed E-state index contributed by atoms with van der Waals surface area (Å²) >= 11 is 0. The van der Waals surface area contributed by atoms with Crippen molar-refractivity contribution in [2.45, 2.75) is 53.9 Å². The van der Waals surface area contributed by atoms with E-state index < -0.39 is 0 Å². The number of benzene rings is 1. The van der Waals surface area contributed by atoms with E-state index in [1.807, 2.05) is 0 Å². The molecular weight excluding hydrogens is 206 g/mol. The number of hydrogen-bond acceptors (Lipinski definition) is 1. The summed E-state index contributed by atoms with van der Waals surface area (Å²) in [5.74, 6) is 0. The molecule has 0 heterocycles. The fraction of sp³-hybridized carbons (Fsp3) is 0.625. The van der Waals surface area contributed by atoms with Crippen molar-refractivity contribution < 1.29 is 0 Å². The molecule has 0 aromatic heterocycles. The average molecular weight is 233 g/mol. The summed E-state index contributed by atoms with van der Waals surface area (Å²) < 4.78 is 0. The zero-order valence-electron chi connectivity index (χ0n) is 12.1. The SMILES string of the molecule is CCCC(C)(CN)Cc1c(C)cc(C)cc1C. The molecule has 1 aromatic rings. The Bertz CT molecular complexity index is 358. The third kappa shape index (κ3) is 3.57. The minimum absolute atomic E-state index is 0.250. The molecule has 0 bridgehead atoms. The summed E-state index contributed by atoms with van der Waals surface area (Å²) in [6.45, 7) is 11.9. The van der Waals surface area contributed by atoms with Gasteiger partial charge in [0, 0.05) is 0 Å². The van der Waals surface area contributed by atoms with Crippen LogP contribution in [0.15, 0.2) is 12.1 Å². The van der Waals surface area contributed by atoms with E-state index in [4.69, 9.17) is 5.73 Å². The molecule has 17 heavy (non-hydrogen) atoms. The fourth-order valence-electron chi connectivity index (χ4n) is 2.78. The Morgan fingerprint density at radius 3 is 2.06 bits per heavy atom. The first kappa shape index (κ1) is 14.2. The molecular formula is C16H27N. The molecule has 0 aliphatic carbocycles. The first-order valence-corrected chi connectivity index (χ1v) is 6.68. The Kier molecular flexibility index (Phi) is 4.76. The van der Waals surface area contributed by atoms with Gasteiger partial charge in [-0.25, -0.2) is 0 Å². The van der Waals surface area contributed by atoms with Crippen LogP contribution in [0.2, 0.25) is 0 Å². The van der Waals surface area contributed by atoms with Gasteiger partial charge >= 0.3 is 0 Å². The second-order valence-electron chi connectivity index (χ2n) is 5.82. The highest BCUT2D eigenvalue weighted by molar-refractivity contribution is 5.38. The lowest BCUT2D eigenvalue weighted by Crippen LogP contribution is -2.30. The molecule has 1 aromatic carbocycles. The minimum atomic E-state index is 0.250. The maximum Gasteiger partial charge on any atom is -0.00200 e. The van der Waals surface area contributed by atoms with Crippen LogP contribution in [-0.4, -0.2) is 6.54 Å². The third-order valence-electron chi connectivity index (χ3n) is 3.79. The summed E-state index contributed by atoms with van der Waals surface area (Å²) in [6, 6.07) is 4.57. The molecule has 0 spiro atoms. The highest BCUT2D eigenvalue weighted by Gasteiger charge is 2.23. The summed E-state index contributed by atoms with van der Waals surface area (Å²) in [7, 11) is 0. The van der Waals surface area contributed by atoms with Crippen molar-refractivity contribution in [2.75, 3.05) is 6.54 Å². The van der Waals surface area contributed by atoms with E-state index in [0.717, 1.165) is 13.0 Å². The maximum absolute atomic E-state index is 5.97. The van der Waals surface area contributed by atoms with Crippen molar-refractivity contribution in [3.05, 3.63) is 34.4 Å². The Balaban J connectivity index is 3.01. The van der Waals surface area contributed by atoms with Crippen molar-refractivity contribution in [3.8, 4) is 0 Å². The van der Waals surface area contributed by atoms with Gasteiger partial charge in [-0.2, -0.15) is 0 Å². The van der Waals surface area contributed by atoms with Crippen molar-refractivity contribution in [1.82, 2.24) is 0 Å². The minimum Gasteiger partial charge on any atom is -0.330 e. The van der Waals surface area contributed by atoms with Crippen LogP contribution < -0.4 is 5.73 Å². The van der Waals surface area contributed by atoms with E-state index in [2.05, 4.69) is 46.8 Å². The van der Waals surface area contributed by atoms with Gasteiger partial charge in [-0.1, -0.05) is 38.0 Å². The van der Waals surface area contributed by atoms with Crippen molar-refractivity contribution in [2.24, 2.45) is 11.1 Å². The maximum atomic E-state index is 5.97. The first-order chi connectivity index (χ1) is 7.91. The fourth-order valence-corrected chi connectivity index (χ4v) is 2.78. The van der Waals surface area contributed by atoms with Gasteiger partial charge in [-0.3, -0.25) is 0 Å². The highest BCUT2D eigenvalue weighted by atomic mass is 14.6. The Labute approximate surface area is 106 Å². The zero-order valence-corrected chi connectivity index (χ0v) is 12.1. The van der Waals surface area contributed by atoms with E-state index in [0.29, 0.717) is 0 Å². The number of rotatable bonds is 5. The lowest BCUT2D eigenvalue weighted by Gasteiger charge is -2.29. The Morgan fingerprint density at radius 2 is 1.65 bits per heavy atom. The largest absolute Gasteiger partial charge is 0.330 e. The van der Waals surface area contributed by atoms with Crippen LogP contribution in [0.5, 0.6) is 0 Å². The van der Waals surface area contributed by atoms with Gasteiger partial charge in [-0.15, -0.1) is 0 Å². The van der Waals surface area contributed by atoms with Gasteiger partial charge in [0.1, 0.15) is 0 Å². The summed E-state index contributed by atoms with van der Waals surface area (Å²) in [6.07, 6.45) is 3.52. The molecule has 1 rings (SSSR count). The summed E-state index contributed by atoms with van der Waals surface area (Å²) in [5, 5.41) is 0. The molecule has 0 aliphatic heterocycles. The first-order valence-electron chi connectivity index (χ1n) is 6.68. The Morgan fingerprint density at radius 1 is 1.12 bits per heavy atom. The van der Waals surface area contributed by atoms with Gasteiger partial charge in [-0.05, 0) is 62.3 Å². The van der Waals surface area contributed by atoms with Gasteiger partial charge in [0.25, 0.3) is 0 Å². The monoisotopic (exact) mass is 233 g/mol. The van der Waals surface area contributed by atoms with Crippen LogP contribution in [-0.2, 0) is 6.42 Å². The smallest absolute Gasteiger partial charge is 0.00200 e. The number of aryl methyl sites for hydroxylation is 3. The molecule has 0 radical (unpaired) electrons. The second kappa shape index (κ2) is 5.68. The van der Waals surface area contributed by atoms with Gasteiger partial charge in [0.05, 0.1) is 0 Å². The molecule has 1 atom stereocenters. The quantitative estimate of drug-likeness (QED) is 0.819. The Hall–Kier alpha value is -0.820. The van der Waals surface area contributed by atoms with Crippen LogP contribution in [0.3, 0.4) is 0 Å². The van der Waals surface area contributed by atoms with Crippen molar-refractivity contribution in [3.63, 3.8) is 0 Å². The van der Waals surface area contributed by atoms with Crippen LogP contribution in [0.1, 0.15) is 48.9 Å². The van der Waals surface area contributed by atoms with E-state index >= 15 is 0 Å². The third-order valence-corrected chi connectivity index (χ3v) is 3.79. The molecule has 0 saturated carbocycles. The molecule has 0 aliphatic rings. The average Bonchev–Trinajstić information content (AvgIpc) is 2.24. The zero-order chi connectivity index (χ0) is 13.1.